The second kappa shape index (κ2) is 5.51. The highest BCUT2D eigenvalue weighted by Crippen LogP contribution is 2.27. The maximum absolute atomic E-state index is 12.0. The van der Waals surface area contributed by atoms with Crippen LogP contribution in [0.15, 0.2) is 29.4 Å². The van der Waals surface area contributed by atoms with Crippen LogP contribution in [-0.2, 0) is 14.3 Å². The number of anilines is 1. The van der Waals surface area contributed by atoms with Gasteiger partial charge in [-0.05, 0) is 31.2 Å². The standard InChI is InChI=1S/C13H14N2O6/c1-3-21-11(16)10-13(18,19)12(17)15(14-10)8-4-6-9(20-2)7-5-8/h4-7,18-19H,3H2,1-2H3. The van der Waals surface area contributed by atoms with E-state index in [1.807, 2.05) is 0 Å². The van der Waals surface area contributed by atoms with Crippen molar-refractivity contribution in [3.63, 3.8) is 0 Å². The first-order valence-electron chi connectivity index (χ1n) is 6.11. The third kappa shape index (κ3) is 2.58. The molecule has 0 spiro atoms. The first-order chi connectivity index (χ1) is 9.91. The Balaban J connectivity index is 2.35. The highest BCUT2D eigenvalue weighted by atomic mass is 16.6. The van der Waals surface area contributed by atoms with Crippen LogP contribution in [0.1, 0.15) is 6.92 Å². The minimum absolute atomic E-state index is 0.0185. The highest BCUT2D eigenvalue weighted by molar-refractivity contribution is 6.46. The Morgan fingerprint density at radius 3 is 2.48 bits per heavy atom. The zero-order valence-electron chi connectivity index (χ0n) is 11.4. The van der Waals surface area contributed by atoms with Gasteiger partial charge in [-0.1, -0.05) is 0 Å². The molecule has 21 heavy (non-hydrogen) atoms. The quantitative estimate of drug-likeness (QED) is 0.580. The summed E-state index contributed by atoms with van der Waals surface area (Å²) in [5.74, 6) is -4.67. The van der Waals surface area contributed by atoms with Gasteiger partial charge in [0.25, 0.3) is 0 Å². The van der Waals surface area contributed by atoms with Crippen LogP contribution in [0.2, 0.25) is 0 Å². The van der Waals surface area contributed by atoms with Crippen molar-refractivity contribution in [2.75, 3.05) is 18.7 Å². The largest absolute Gasteiger partial charge is 0.497 e. The lowest BCUT2D eigenvalue weighted by atomic mass is 10.1. The van der Waals surface area contributed by atoms with Crippen molar-refractivity contribution in [1.82, 2.24) is 0 Å². The predicted octanol–water partition coefficient (Wildman–Crippen LogP) is -0.358. The van der Waals surface area contributed by atoms with Gasteiger partial charge in [-0.3, -0.25) is 4.79 Å². The van der Waals surface area contributed by atoms with E-state index in [0.717, 1.165) is 5.01 Å². The van der Waals surface area contributed by atoms with E-state index in [9.17, 15) is 19.8 Å². The molecule has 0 bridgehead atoms. The molecule has 1 heterocycles. The van der Waals surface area contributed by atoms with Crippen LogP contribution in [0.25, 0.3) is 0 Å². The third-order valence-corrected chi connectivity index (χ3v) is 2.81. The predicted molar refractivity (Wildman–Crippen MR) is 71.7 cm³/mol. The van der Waals surface area contributed by atoms with Crippen molar-refractivity contribution in [1.29, 1.82) is 0 Å². The zero-order chi connectivity index (χ0) is 15.6. The van der Waals surface area contributed by atoms with Crippen LogP contribution < -0.4 is 9.75 Å². The molecule has 1 amide bonds. The number of ether oxygens (including phenoxy) is 2. The summed E-state index contributed by atoms with van der Waals surface area (Å²) >= 11 is 0. The number of rotatable bonds is 4. The molecule has 0 unspecified atom stereocenters. The lowest BCUT2D eigenvalue weighted by Crippen LogP contribution is -2.49. The Morgan fingerprint density at radius 1 is 1.33 bits per heavy atom. The normalized spacial score (nSPS) is 16.7. The molecule has 0 radical (unpaired) electrons. The van der Waals surface area contributed by atoms with Gasteiger partial charge in [0.05, 0.1) is 19.4 Å². The highest BCUT2D eigenvalue weighted by Gasteiger charge is 2.53. The van der Waals surface area contributed by atoms with Crippen LogP contribution >= 0.6 is 0 Å². The van der Waals surface area contributed by atoms with E-state index in [2.05, 4.69) is 9.84 Å². The number of hydrazone groups is 1. The van der Waals surface area contributed by atoms with Gasteiger partial charge >= 0.3 is 17.7 Å². The molecule has 0 atom stereocenters. The van der Waals surface area contributed by atoms with E-state index < -0.39 is 23.4 Å². The molecule has 8 nitrogen and oxygen atoms in total. The number of hydrogen-bond acceptors (Lipinski definition) is 7. The van der Waals surface area contributed by atoms with E-state index in [4.69, 9.17) is 4.74 Å². The van der Waals surface area contributed by atoms with Crippen LogP contribution in [0, 0.1) is 0 Å². The number of carbonyl (C=O) groups excluding carboxylic acids is 2. The summed E-state index contributed by atoms with van der Waals surface area (Å²) in [4.78, 5) is 23.6. The van der Waals surface area contributed by atoms with Gasteiger partial charge in [-0.2, -0.15) is 10.1 Å². The summed E-state index contributed by atoms with van der Waals surface area (Å²) < 4.78 is 9.62. The van der Waals surface area contributed by atoms with E-state index in [1.165, 1.54) is 19.2 Å². The summed E-state index contributed by atoms with van der Waals surface area (Å²) in [6.07, 6.45) is 0. The van der Waals surface area contributed by atoms with Gasteiger partial charge in [-0.15, -0.1) is 0 Å². The molecule has 2 rings (SSSR count). The second-order valence-electron chi connectivity index (χ2n) is 4.16. The van der Waals surface area contributed by atoms with Gasteiger partial charge in [-0.25, -0.2) is 4.79 Å². The number of esters is 1. The van der Waals surface area contributed by atoms with Crippen molar-refractivity contribution in [3.05, 3.63) is 24.3 Å². The molecule has 0 aliphatic carbocycles. The van der Waals surface area contributed by atoms with Crippen molar-refractivity contribution in [2.24, 2.45) is 5.10 Å². The maximum Gasteiger partial charge on any atom is 0.360 e. The molecule has 0 aromatic heterocycles. The number of amides is 1. The molecular formula is C13H14N2O6. The third-order valence-electron chi connectivity index (χ3n) is 2.81. The molecule has 1 aliphatic rings. The second-order valence-corrected chi connectivity index (χ2v) is 4.16. The lowest BCUT2D eigenvalue weighted by Gasteiger charge is -2.16. The fraction of sp³-hybridized carbons (Fsp3) is 0.308. The summed E-state index contributed by atoms with van der Waals surface area (Å²) in [5.41, 5.74) is -0.516. The van der Waals surface area contributed by atoms with Crippen LogP contribution in [0.3, 0.4) is 0 Å². The van der Waals surface area contributed by atoms with Gasteiger partial charge in [0.2, 0.25) is 5.71 Å². The molecular weight excluding hydrogens is 280 g/mol. The molecule has 112 valence electrons. The molecule has 0 saturated carbocycles. The molecule has 0 saturated heterocycles. The van der Waals surface area contributed by atoms with E-state index in [-0.39, 0.29) is 12.3 Å². The minimum atomic E-state index is -3.01. The van der Waals surface area contributed by atoms with Crippen molar-refractivity contribution < 1.29 is 29.3 Å². The van der Waals surface area contributed by atoms with Gasteiger partial charge in [0.1, 0.15) is 5.75 Å². The average molecular weight is 294 g/mol. The number of methoxy groups -OCH3 is 1. The fourth-order valence-corrected chi connectivity index (χ4v) is 1.75. The number of hydrogen-bond donors (Lipinski definition) is 2. The SMILES string of the molecule is CCOC(=O)C1=NN(c2ccc(OC)cc2)C(=O)C1(O)O. The monoisotopic (exact) mass is 294 g/mol. The molecule has 1 aromatic carbocycles. The Hall–Kier alpha value is -2.45. The molecule has 0 fully saturated rings. The average Bonchev–Trinajstić information content (AvgIpc) is 2.71. The van der Waals surface area contributed by atoms with Crippen molar-refractivity contribution >= 4 is 23.3 Å². The smallest absolute Gasteiger partial charge is 0.360 e. The molecule has 8 heteroatoms. The van der Waals surface area contributed by atoms with Crippen molar-refractivity contribution in [3.8, 4) is 5.75 Å². The lowest BCUT2D eigenvalue weighted by molar-refractivity contribution is -0.159. The Bertz CT molecular complexity index is 593. The van der Waals surface area contributed by atoms with E-state index in [1.54, 1.807) is 19.1 Å². The number of nitrogens with zero attached hydrogens (tertiary/aromatic N) is 2. The van der Waals surface area contributed by atoms with Crippen LogP contribution in [-0.4, -0.2) is 47.3 Å². The van der Waals surface area contributed by atoms with E-state index in [0.29, 0.717) is 5.75 Å². The summed E-state index contributed by atoms with van der Waals surface area (Å²) in [6, 6.07) is 6.11. The molecule has 1 aliphatic heterocycles. The summed E-state index contributed by atoms with van der Waals surface area (Å²) in [6.45, 7) is 1.57. The first kappa shape index (κ1) is 14.9. The Labute approximate surface area is 120 Å². The van der Waals surface area contributed by atoms with Gasteiger partial charge in [0, 0.05) is 0 Å². The van der Waals surface area contributed by atoms with Crippen LogP contribution in [0.4, 0.5) is 5.69 Å². The first-order valence-corrected chi connectivity index (χ1v) is 6.11. The number of benzene rings is 1. The Morgan fingerprint density at radius 2 is 1.95 bits per heavy atom. The fourth-order valence-electron chi connectivity index (χ4n) is 1.75. The summed E-state index contributed by atoms with van der Waals surface area (Å²) in [5, 5.41) is 23.9. The van der Waals surface area contributed by atoms with E-state index >= 15 is 0 Å². The van der Waals surface area contributed by atoms with Gasteiger partial charge in [0.15, 0.2) is 0 Å². The molecule has 1 aromatic rings. The molecule has 2 N–H and O–H groups in total. The number of carbonyl (C=O) groups is 2. The zero-order valence-corrected chi connectivity index (χ0v) is 11.4. The van der Waals surface area contributed by atoms with Gasteiger partial charge < -0.3 is 19.7 Å². The van der Waals surface area contributed by atoms with Crippen molar-refractivity contribution in [2.45, 2.75) is 12.7 Å². The topological polar surface area (TPSA) is 109 Å². The number of aliphatic hydroxyl groups is 2. The summed E-state index contributed by atoms with van der Waals surface area (Å²) in [7, 11) is 1.49. The van der Waals surface area contributed by atoms with Crippen LogP contribution in [0.5, 0.6) is 5.75 Å². The Kier molecular flexibility index (Phi) is 3.92. The minimum Gasteiger partial charge on any atom is -0.497 e. The maximum atomic E-state index is 12.0.